The molecule has 2 atom stereocenters. The van der Waals surface area contributed by atoms with Gasteiger partial charge in [-0.2, -0.15) is 0 Å². The Labute approximate surface area is 132 Å². The average molecular weight is 322 g/mol. The predicted molar refractivity (Wildman–Crippen MR) is 84.6 cm³/mol. The van der Waals surface area contributed by atoms with Crippen molar-refractivity contribution in [1.82, 2.24) is 0 Å². The third-order valence-corrected chi connectivity index (χ3v) is 5.09. The highest BCUT2D eigenvalue weighted by Crippen LogP contribution is 2.38. The Kier molecular flexibility index (Phi) is 4.58. The van der Waals surface area contributed by atoms with E-state index in [-0.39, 0.29) is 18.2 Å². The van der Waals surface area contributed by atoms with E-state index in [2.05, 4.69) is 0 Å². The number of aliphatic carboxylic acids is 1. The van der Waals surface area contributed by atoms with Crippen LogP contribution in [0.15, 0.2) is 30.3 Å². The Morgan fingerprint density at radius 3 is 2.50 bits per heavy atom. The molecule has 0 bridgehead atoms. The number of nitrogens with zero attached hydrogens (tertiary/aromatic N) is 1. The van der Waals surface area contributed by atoms with Crippen molar-refractivity contribution in [3.8, 4) is 0 Å². The lowest BCUT2D eigenvalue weighted by Crippen LogP contribution is -2.48. The fourth-order valence-corrected chi connectivity index (χ4v) is 3.69. The molecule has 0 unspecified atom stereocenters. The molecule has 1 aromatic carbocycles. The molecular weight excluding hydrogens is 304 g/mol. The highest BCUT2D eigenvalue weighted by molar-refractivity contribution is 8.02. The standard InChI is InChI=1S/C15H18N2O4S/c1-15(2,12(16)14(20)21)22-10-8-11(18)17(13(10)19)9-6-4-3-5-7-9/h3-7,10,12H,8,16H2,1-2H3,(H,20,21)/t10-,12-/m0/s1. The Morgan fingerprint density at radius 1 is 1.36 bits per heavy atom. The number of imide groups is 1. The largest absolute Gasteiger partial charge is 0.480 e. The number of thioether (sulfide) groups is 1. The van der Waals surface area contributed by atoms with Crippen LogP contribution in [0, 0.1) is 0 Å². The summed E-state index contributed by atoms with van der Waals surface area (Å²) < 4.78 is -0.862. The number of anilines is 1. The van der Waals surface area contributed by atoms with Gasteiger partial charge in [-0.3, -0.25) is 14.4 Å². The van der Waals surface area contributed by atoms with Crippen LogP contribution in [0.4, 0.5) is 5.69 Å². The number of amides is 2. The van der Waals surface area contributed by atoms with Gasteiger partial charge in [-0.05, 0) is 26.0 Å². The zero-order chi connectivity index (χ0) is 16.5. The first-order chi connectivity index (χ1) is 10.2. The molecule has 22 heavy (non-hydrogen) atoms. The number of carbonyl (C=O) groups excluding carboxylic acids is 2. The molecule has 1 fully saturated rings. The second-order valence-electron chi connectivity index (χ2n) is 5.63. The van der Waals surface area contributed by atoms with Gasteiger partial charge in [0.2, 0.25) is 11.8 Å². The molecule has 0 aliphatic carbocycles. The van der Waals surface area contributed by atoms with Crippen molar-refractivity contribution in [2.45, 2.75) is 36.3 Å². The number of carbonyl (C=O) groups is 3. The molecule has 6 nitrogen and oxygen atoms in total. The Bertz CT molecular complexity index is 603. The van der Waals surface area contributed by atoms with Crippen LogP contribution in [0.5, 0.6) is 0 Å². The molecule has 0 aromatic heterocycles. The second-order valence-corrected chi connectivity index (χ2v) is 7.49. The quantitative estimate of drug-likeness (QED) is 0.791. The van der Waals surface area contributed by atoms with Crippen LogP contribution in [0.3, 0.4) is 0 Å². The van der Waals surface area contributed by atoms with E-state index in [4.69, 9.17) is 10.8 Å². The lowest BCUT2D eigenvalue weighted by molar-refractivity contribution is -0.139. The van der Waals surface area contributed by atoms with Crippen molar-refractivity contribution in [3.05, 3.63) is 30.3 Å². The van der Waals surface area contributed by atoms with E-state index in [0.29, 0.717) is 5.69 Å². The summed E-state index contributed by atoms with van der Waals surface area (Å²) in [7, 11) is 0. The van der Waals surface area contributed by atoms with Crippen LogP contribution >= 0.6 is 11.8 Å². The molecule has 0 saturated carbocycles. The summed E-state index contributed by atoms with van der Waals surface area (Å²) in [4.78, 5) is 36.8. The molecule has 0 spiro atoms. The van der Waals surface area contributed by atoms with Gasteiger partial charge in [0.25, 0.3) is 0 Å². The Balaban J connectivity index is 2.17. The Morgan fingerprint density at radius 2 is 1.95 bits per heavy atom. The minimum Gasteiger partial charge on any atom is -0.480 e. The zero-order valence-corrected chi connectivity index (χ0v) is 13.2. The first-order valence-electron chi connectivity index (χ1n) is 6.82. The van der Waals surface area contributed by atoms with E-state index in [9.17, 15) is 14.4 Å². The summed E-state index contributed by atoms with van der Waals surface area (Å²) in [5.41, 5.74) is 6.20. The topological polar surface area (TPSA) is 101 Å². The average Bonchev–Trinajstić information content (AvgIpc) is 2.72. The second kappa shape index (κ2) is 6.10. The molecule has 1 saturated heterocycles. The minimum atomic E-state index is -1.13. The van der Waals surface area contributed by atoms with Crippen molar-refractivity contribution in [2.75, 3.05) is 4.90 Å². The maximum atomic E-state index is 12.5. The first-order valence-corrected chi connectivity index (χ1v) is 7.70. The van der Waals surface area contributed by atoms with E-state index >= 15 is 0 Å². The maximum absolute atomic E-state index is 12.5. The van der Waals surface area contributed by atoms with E-state index < -0.39 is 22.0 Å². The number of para-hydroxylation sites is 1. The number of rotatable bonds is 5. The number of carboxylic acid groups (broad SMARTS) is 1. The van der Waals surface area contributed by atoms with Gasteiger partial charge in [0.1, 0.15) is 6.04 Å². The molecule has 3 N–H and O–H groups in total. The van der Waals surface area contributed by atoms with Crippen LogP contribution in [0.25, 0.3) is 0 Å². The first kappa shape index (κ1) is 16.5. The number of nitrogens with two attached hydrogens (primary N) is 1. The lowest BCUT2D eigenvalue weighted by atomic mass is 10.1. The van der Waals surface area contributed by atoms with Crippen LogP contribution in [0.1, 0.15) is 20.3 Å². The van der Waals surface area contributed by atoms with E-state index in [1.165, 1.54) is 0 Å². The van der Waals surface area contributed by atoms with Gasteiger partial charge in [-0.1, -0.05) is 18.2 Å². The minimum absolute atomic E-state index is 0.0498. The maximum Gasteiger partial charge on any atom is 0.321 e. The molecule has 7 heteroatoms. The van der Waals surface area contributed by atoms with E-state index in [0.717, 1.165) is 16.7 Å². The molecule has 1 aliphatic rings. The SMILES string of the molecule is CC(C)(S[C@H]1CC(=O)N(c2ccccc2)C1=O)[C@@H](N)C(=O)O. The summed E-state index contributed by atoms with van der Waals surface area (Å²) in [6.07, 6.45) is 0.0498. The molecule has 1 aliphatic heterocycles. The molecule has 2 rings (SSSR count). The smallest absolute Gasteiger partial charge is 0.321 e. The number of carboxylic acids is 1. The van der Waals surface area contributed by atoms with Crippen molar-refractivity contribution >= 4 is 35.2 Å². The van der Waals surface area contributed by atoms with Crippen LogP contribution in [-0.4, -0.2) is 38.9 Å². The molecule has 0 radical (unpaired) electrons. The Hall–Kier alpha value is -1.86. The highest BCUT2D eigenvalue weighted by Gasteiger charge is 2.45. The summed E-state index contributed by atoms with van der Waals surface area (Å²) in [6.45, 7) is 3.33. The normalized spacial score (nSPS) is 20.3. The van der Waals surface area contributed by atoms with Crippen LogP contribution in [0.2, 0.25) is 0 Å². The van der Waals surface area contributed by atoms with Gasteiger partial charge in [-0.15, -0.1) is 11.8 Å². The fraction of sp³-hybridized carbons (Fsp3) is 0.400. The molecule has 1 aromatic rings. The monoisotopic (exact) mass is 322 g/mol. The van der Waals surface area contributed by atoms with Crippen LogP contribution < -0.4 is 10.6 Å². The summed E-state index contributed by atoms with van der Waals surface area (Å²) in [5, 5.41) is 8.42. The molecular formula is C15H18N2O4S. The van der Waals surface area contributed by atoms with Crippen LogP contribution in [-0.2, 0) is 14.4 Å². The van der Waals surface area contributed by atoms with Gasteiger partial charge in [-0.25, -0.2) is 4.90 Å². The van der Waals surface area contributed by atoms with Crippen molar-refractivity contribution in [3.63, 3.8) is 0 Å². The number of hydrogen-bond donors (Lipinski definition) is 2. The van der Waals surface area contributed by atoms with Gasteiger partial charge >= 0.3 is 5.97 Å². The van der Waals surface area contributed by atoms with Crippen molar-refractivity contribution < 1.29 is 19.5 Å². The lowest BCUT2D eigenvalue weighted by Gasteiger charge is -2.30. The summed E-state index contributed by atoms with van der Waals surface area (Å²) in [6, 6.07) is 7.57. The zero-order valence-electron chi connectivity index (χ0n) is 12.4. The predicted octanol–water partition coefficient (Wildman–Crippen LogP) is 1.24. The van der Waals surface area contributed by atoms with Gasteiger partial charge in [0.15, 0.2) is 0 Å². The van der Waals surface area contributed by atoms with Gasteiger partial charge in [0.05, 0.1) is 10.9 Å². The van der Waals surface area contributed by atoms with Crippen molar-refractivity contribution in [1.29, 1.82) is 0 Å². The van der Waals surface area contributed by atoms with E-state index in [1.807, 2.05) is 0 Å². The fourth-order valence-electron chi connectivity index (χ4n) is 2.28. The highest BCUT2D eigenvalue weighted by atomic mass is 32.2. The van der Waals surface area contributed by atoms with Gasteiger partial charge in [0, 0.05) is 11.2 Å². The molecule has 118 valence electrons. The van der Waals surface area contributed by atoms with Crippen molar-refractivity contribution in [2.24, 2.45) is 5.73 Å². The number of benzene rings is 1. The number of hydrogen-bond acceptors (Lipinski definition) is 5. The van der Waals surface area contributed by atoms with E-state index in [1.54, 1.807) is 44.2 Å². The summed E-state index contributed by atoms with van der Waals surface area (Å²) in [5.74, 6) is -1.74. The third kappa shape index (κ3) is 3.15. The molecule has 2 amide bonds. The molecule has 1 heterocycles. The third-order valence-electron chi connectivity index (χ3n) is 3.58. The van der Waals surface area contributed by atoms with Gasteiger partial charge < -0.3 is 10.8 Å². The summed E-state index contributed by atoms with van der Waals surface area (Å²) >= 11 is 1.14.